The van der Waals surface area contributed by atoms with Crippen molar-refractivity contribution in [2.24, 2.45) is 0 Å². The average Bonchev–Trinajstić information content (AvgIpc) is 2.92. The molecule has 14 nitrogen and oxygen atoms in total. The van der Waals surface area contributed by atoms with Gasteiger partial charge in [0.05, 0.1) is 25.7 Å². The number of benzene rings is 2. The topological polar surface area (TPSA) is 218 Å². The van der Waals surface area contributed by atoms with Crippen LogP contribution in [-0.4, -0.2) is 111 Å². The van der Waals surface area contributed by atoms with Gasteiger partial charge in [-0.3, -0.25) is 4.79 Å². The number of aliphatic hydroxyl groups excluding tert-OH is 6. The van der Waals surface area contributed by atoms with Crippen molar-refractivity contribution in [2.75, 3.05) is 20.3 Å². The quantitative estimate of drug-likeness (QED) is 0.170. The first-order chi connectivity index (χ1) is 18.6. The van der Waals surface area contributed by atoms with Crippen molar-refractivity contribution in [2.45, 2.75) is 55.3 Å². The largest absolute Gasteiger partial charge is 0.508 e. The smallest absolute Gasteiger partial charge is 0.229 e. The summed E-state index contributed by atoms with van der Waals surface area (Å²) in [5.74, 6) is -0.0715. The molecule has 5 rings (SSSR count). The Morgan fingerprint density at radius 1 is 0.897 bits per heavy atom. The molecule has 0 saturated carbocycles. The van der Waals surface area contributed by atoms with Crippen molar-refractivity contribution in [3.63, 3.8) is 0 Å². The van der Waals surface area contributed by atoms with Gasteiger partial charge < -0.3 is 63.8 Å². The summed E-state index contributed by atoms with van der Waals surface area (Å²) in [6.45, 7) is -0.803. The molecule has 0 bridgehead atoms. The summed E-state index contributed by atoms with van der Waals surface area (Å²) in [6.07, 6.45) is -14.0. The van der Waals surface area contributed by atoms with Gasteiger partial charge in [0.25, 0.3) is 0 Å². The Kier molecular flexibility index (Phi) is 7.65. The maximum absolute atomic E-state index is 13.3. The predicted octanol–water partition coefficient (Wildman–Crippen LogP) is -1.70. The summed E-state index contributed by atoms with van der Waals surface area (Å²) in [7, 11) is 1.37. The van der Waals surface area contributed by atoms with E-state index in [4.69, 9.17) is 28.1 Å². The van der Waals surface area contributed by atoms with Gasteiger partial charge in [-0.15, -0.1) is 0 Å². The monoisotopic (exact) mass is 552 g/mol. The normalized spacial score (nSPS) is 33.4. The van der Waals surface area contributed by atoms with Crippen LogP contribution in [0.4, 0.5) is 0 Å². The van der Waals surface area contributed by atoms with Crippen LogP contribution in [0.25, 0.3) is 21.9 Å². The molecule has 9 atom stereocenters. The number of aromatic hydroxyl groups is 1. The third kappa shape index (κ3) is 5.14. The van der Waals surface area contributed by atoms with Crippen LogP contribution < -0.4 is 14.9 Å². The third-order valence-corrected chi connectivity index (χ3v) is 6.72. The molecule has 3 aromatic rings. The van der Waals surface area contributed by atoms with Gasteiger partial charge in [0.15, 0.2) is 6.29 Å². The lowest BCUT2D eigenvalue weighted by Gasteiger charge is -2.41. The lowest BCUT2D eigenvalue weighted by Crippen LogP contribution is -2.61. The van der Waals surface area contributed by atoms with Gasteiger partial charge in [-0.05, 0) is 18.2 Å². The van der Waals surface area contributed by atoms with Gasteiger partial charge in [0, 0.05) is 12.1 Å². The van der Waals surface area contributed by atoms with E-state index in [2.05, 4.69) is 0 Å². The first-order valence-electron chi connectivity index (χ1n) is 12.0. The molecule has 0 amide bonds. The highest BCUT2D eigenvalue weighted by Gasteiger charge is 2.46. The number of hydrogen-bond donors (Lipinski definition) is 7. The number of fused-ring (bicyclic) bond motifs is 2. The minimum absolute atomic E-state index is 0.0581. The highest BCUT2D eigenvalue weighted by molar-refractivity contribution is 5.94. The number of phenolic OH excluding ortho intramolecular Hbond substituents is 1. The second-order valence-corrected chi connectivity index (χ2v) is 9.33. The Balaban J connectivity index is 1.43. The maximum atomic E-state index is 13.3. The van der Waals surface area contributed by atoms with Crippen molar-refractivity contribution in [3.05, 3.63) is 40.6 Å². The molecule has 39 heavy (non-hydrogen) atoms. The Morgan fingerprint density at radius 2 is 1.64 bits per heavy atom. The lowest BCUT2D eigenvalue weighted by molar-refractivity contribution is -0.307. The Bertz CT molecular complexity index is 1390. The molecule has 2 fully saturated rings. The molecule has 7 N–H and O–H groups in total. The summed E-state index contributed by atoms with van der Waals surface area (Å²) >= 11 is 0. The van der Waals surface area contributed by atoms with Gasteiger partial charge in [-0.25, -0.2) is 0 Å². The fourth-order valence-corrected chi connectivity index (χ4v) is 4.51. The van der Waals surface area contributed by atoms with Crippen LogP contribution in [0.2, 0.25) is 0 Å². The van der Waals surface area contributed by atoms with Gasteiger partial charge in [0.2, 0.25) is 11.7 Å². The van der Waals surface area contributed by atoms with Crippen LogP contribution >= 0.6 is 0 Å². The first-order valence-corrected chi connectivity index (χ1v) is 12.0. The molecule has 14 heteroatoms. The van der Waals surface area contributed by atoms with Crippen LogP contribution in [0.1, 0.15) is 0 Å². The Labute approximate surface area is 219 Å². The number of hydrogen-bond acceptors (Lipinski definition) is 14. The van der Waals surface area contributed by atoms with Crippen molar-refractivity contribution in [3.8, 4) is 17.2 Å². The second kappa shape index (κ2) is 10.8. The van der Waals surface area contributed by atoms with Crippen molar-refractivity contribution >= 4 is 21.9 Å². The zero-order valence-electron chi connectivity index (χ0n) is 20.5. The summed E-state index contributed by atoms with van der Waals surface area (Å²) < 4.78 is 33.1. The fourth-order valence-electron chi connectivity index (χ4n) is 4.51. The lowest BCUT2D eigenvalue weighted by atomic mass is 9.99. The van der Waals surface area contributed by atoms with Gasteiger partial charge in [-0.1, -0.05) is 0 Å². The van der Waals surface area contributed by atoms with Crippen LogP contribution in [0.3, 0.4) is 0 Å². The summed E-state index contributed by atoms with van der Waals surface area (Å²) in [4.78, 5) is 13.3. The zero-order valence-corrected chi connectivity index (χ0v) is 20.5. The molecule has 1 aromatic heterocycles. The summed E-state index contributed by atoms with van der Waals surface area (Å²) in [6, 6.07) is 6.80. The van der Waals surface area contributed by atoms with Crippen LogP contribution in [-0.2, 0) is 14.2 Å². The minimum Gasteiger partial charge on any atom is -0.508 e. The summed E-state index contributed by atoms with van der Waals surface area (Å²) in [5.41, 5.74) is -0.295. The minimum atomic E-state index is -1.78. The van der Waals surface area contributed by atoms with E-state index < -0.39 is 67.3 Å². The molecule has 0 spiro atoms. The van der Waals surface area contributed by atoms with E-state index in [-0.39, 0.29) is 45.8 Å². The fraction of sp³-hybridized carbons (Fsp3) is 0.480. The number of ether oxygens (including phenoxy) is 5. The number of aliphatic hydroxyl groups is 6. The molecule has 3 heterocycles. The van der Waals surface area contributed by atoms with Crippen LogP contribution in [0, 0.1) is 0 Å². The van der Waals surface area contributed by atoms with E-state index in [9.17, 15) is 40.5 Å². The Morgan fingerprint density at radius 3 is 2.38 bits per heavy atom. The van der Waals surface area contributed by atoms with Crippen molar-refractivity contribution in [1.29, 1.82) is 0 Å². The molecule has 2 saturated heterocycles. The molecule has 2 aromatic carbocycles. The first kappa shape index (κ1) is 27.5. The van der Waals surface area contributed by atoms with E-state index in [0.717, 1.165) is 0 Å². The van der Waals surface area contributed by atoms with Gasteiger partial charge in [0.1, 0.15) is 76.5 Å². The molecule has 212 valence electrons. The molecule has 2 aliphatic heterocycles. The molecule has 0 aliphatic carbocycles. The molecule has 9 unspecified atom stereocenters. The van der Waals surface area contributed by atoms with E-state index >= 15 is 0 Å². The molecular weight excluding hydrogens is 524 g/mol. The van der Waals surface area contributed by atoms with E-state index in [1.807, 2.05) is 0 Å². The SMILES string of the molecule is COc1cc(OC2OC(COC3OCC(O)C(O)C3O)C(O)C(O)C2O)c2c(=O)c3cc(O)ccc3oc2c1. The number of rotatable bonds is 6. The van der Waals surface area contributed by atoms with Gasteiger partial charge in [-0.2, -0.15) is 0 Å². The molecular formula is C25H28O14. The maximum Gasteiger partial charge on any atom is 0.229 e. The van der Waals surface area contributed by atoms with Crippen LogP contribution in [0.15, 0.2) is 39.5 Å². The Hall–Kier alpha value is -3.05. The zero-order chi connectivity index (χ0) is 28.0. The van der Waals surface area contributed by atoms with E-state index in [1.165, 1.54) is 37.4 Å². The third-order valence-electron chi connectivity index (χ3n) is 6.72. The highest BCUT2D eigenvalue weighted by atomic mass is 16.7. The molecule has 2 aliphatic rings. The van der Waals surface area contributed by atoms with Crippen molar-refractivity contribution < 1.29 is 63.8 Å². The standard InChI is InChI=1S/C25H28O14/c1-34-10-5-14-17(18(28)11-4-9(26)2-3-13(11)37-14)15(6-10)38-25-23(33)21(31)20(30)16(39-25)8-36-24-22(32)19(29)12(27)7-35-24/h2-6,12,16,19-27,29-33H,7-8H2,1H3. The van der Waals surface area contributed by atoms with Crippen LogP contribution in [0.5, 0.6) is 17.2 Å². The predicted molar refractivity (Wildman–Crippen MR) is 129 cm³/mol. The van der Waals surface area contributed by atoms with E-state index in [0.29, 0.717) is 0 Å². The molecule has 0 radical (unpaired) electrons. The number of phenols is 1. The van der Waals surface area contributed by atoms with Gasteiger partial charge >= 0.3 is 0 Å². The average molecular weight is 552 g/mol. The van der Waals surface area contributed by atoms with E-state index in [1.54, 1.807) is 0 Å². The number of methoxy groups -OCH3 is 1. The summed E-state index contributed by atoms with van der Waals surface area (Å²) in [5, 5.41) is 70.8. The second-order valence-electron chi connectivity index (χ2n) is 9.33. The highest BCUT2D eigenvalue weighted by Crippen LogP contribution is 2.34. The van der Waals surface area contributed by atoms with Crippen molar-refractivity contribution in [1.82, 2.24) is 0 Å².